The SMILES string of the molecule is CNCc1cn[nH]c1S(=O)(=O)N1CCC2(CCCC2)CC1. The number of piperidine rings is 1. The van der Waals surface area contributed by atoms with Crippen LogP contribution in [0.2, 0.25) is 0 Å². The zero-order chi connectivity index (χ0) is 14.9. The molecule has 3 rings (SSSR count). The van der Waals surface area contributed by atoms with Gasteiger partial charge < -0.3 is 5.32 Å². The zero-order valence-corrected chi connectivity index (χ0v) is 13.4. The molecule has 2 heterocycles. The smallest absolute Gasteiger partial charge is 0.260 e. The average Bonchev–Trinajstić information content (AvgIpc) is 3.10. The summed E-state index contributed by atoms with van der Waals surface area (Å²) in [7, 11) is -1.64. The van der Waals surface area contributed by atoms with E-state index in [4.69, 9.17) is 0 Å². The van der Waals surface area contributed by atoms with Crippen molar-refractivity contribution >= 4 is 10.0 Å². The van der Waals surface area contributed by atoms with Crippen LogP contribution in [0.5, 0.6) is 0 Å². The molecule has 2 aliphatic rings. The quantitative estimate of drug-likeness (QED) is 0.882. The number of rotatable bonds is 4. The van der Waals surface area contributed by atoms with Crippen LogP contribution in [-0.4, -0.2) is 43.1 Å². The number of hydrogen-bond donors (Lipinski definition) is 2. The molecule has 0 amide bonds. The van der Waals surface area contributed by atoms with Crippen molar-refractivity contribution in [3.8, 4) is 0 Å². The van der Waals surface area contributed by atoms with E-state index < -0.39 is 10.0 Å². The number of H-pyrrole nitrogens is 1. The normalized spacial score (nSPS) is 22.9. The number of aromatic nitrogens is 2. The van der Waals surface area contributed by atoms with Crippen molar-refractivity contribution in [1.29, 1.82) is 0 Å². The minimum atomic E-state index is -3.44. The molecule has 0 radical (unpaired) electrons. The van der Waals surface area contributed by atoms with Crippen LogP contribution < -0.4 is 5.32 Å². The standard InChI is InChI=1S/C14H24N4O2S/c1-15-10-12-11-16-17-13(12)21(19,20)18-8-6-14(7-9-18)4-2-3-5-14/h11,15H,2-10H2,1H3,(H,16,17). The van der Waals surface area contributed by atoms with Gasteiger partial charge in [0.25, 0.3) is 10.0 Å². The van der Waals surface area contributed by atoms with Crippen molar-refractivity contribution in [3.05, 3.63) is 11.8 Å². The molecule has 1 aromatic heterocycles. The van der Waals surface area contributed by atoms with Crippen molar-refractivity contribution in [2.45, 2.75) is 50.1 Å². The lowest BCUT2D eigenvalue weighted by molar-refractivity contribution is 0.160. The van der Waals surface area contributed by atoms with E-state index in [-0.39, 0.29) is 5.03 Å². The Labute approximate surface area is 126 Å². The van der Waals surface area contributed by atoms with E-state index in [1.54, 1.807) is 17.5 Å². The third-order valence-electron chi connectivity index (χ3n) is 5.09. The van der Waals surface area contributed by atoms with Crippen LogP contribution in [0, 0.1) is 5.41 Å². The summed E-state index contributed by atoms with van der Waals surface area (Å²) < 4.78 is 27.2. The Morgan fingerprint density at radius 2 is 1.95 bits per heavy atom. The summed E-state index contributed by atoms with van der Waals surface area (Å²) in [6.45, 7) is 1.78. The lowest BCUT2D eigenvalue weighted by Gasteiger charge is -2.38. The highest BCUT2D eigenvalue weighted by Crippen LogP contribution is 2.46. The fraction of sp³-hybridized carbons (Fsp3) is 0.786. The molecule has 0 bridgehead atoms. The second kappa shape index (κ2) is 5.70. The van der Waals surface area contributed by atoms with Gasteiger partial charge >= 0.3 is 0 Å². The molecule has 6 nitrogen and oxygen atoms in total. The predicted octanol–water partition coefficient (Wildman–Crippen LogP) is 1.47. The van der Waals surface area contributed by atoms with E-state index in [9.17, 15) is 8.42 Å². The highest BCUT2D eigenvalue weighted by atomic mass is 32.2. The number of sulfonamides is 1. The van der Waals surface area contributed by atoms with Gasteiger partial charge in [-0.05, 0) is 38.1 Å². The number of nitrogens with zero attached hydrogens (tertiary/aromatic N) is 2. The van der Waals surface area contributed by atoms with E-state index >= 15 is 0 Å². The van der Waals surface area contributed by atoms with Crippen molar-refractivity contribution in [1.82, 2.24) is 19.8 Å². The van der Waals surface area contributed by atoms with Crippen LogP contribution >= 0.6 is 0 Å². The third-order valence-corrected chi connectivity index (χ3v) is 7.00. The molecule has 1 saturated carbocycles. The van der Waals surface area contributed by atoms with Crippen molar-refractivity contribution < 1.29 is 8.42 Å². The van der Waals surface area contributed by atoms with E-state index in [2.05, 4.69) is 15.5 Å². The summed E-state index contributed by atoms with van der Waals surface area (Å²) in [6, 6.07) is 0. The molecule has 1 saturated heterocycles. The van der Waals surface area contributed by atoms with Crippen LogP contribution in [0.25, 0.3) is 0 Å². The highest BCUT2D eigenvalue weighted by Gasteiger charge is 2.40. The summed E-state index contributed by atoms with van der Waals surface area (Å²) in [6.07, 6.45) is 8.75. The molecule has 2 N–H and O–H groups in total. The van der Waals surface area contributed by atoms with Crippen molar-refractivity contribution in [2.75, 3.05) is 20.1 Å². The lowest BCUT2D eigenvalue weighted by atomic mass is 9.78. The first kappa shape index (κ1) is 15.0. The molecule has 7 heteroatoms. The van der Waals surface area contributed by atoms with Gasteiger partial charge in [-0.25, -0.2) is 8.42 Å². The van der Waals surface area contributed by atoms with Gasteiger partial charge in [0.05, 0.1) is 6.20 Å². The van der Waals surface area contributed by atoms with Crippen molar-refractivity contribution in [2.24, 2.45) is 5.41 Å². The number of hydrogen-bond acceptors (Lipinski definition) is 4. The van der Waals surface area contributed by atoms with E-state index in [1.165, 1.54) is 25.7 Å². The van der Waals surface area contributed by atoms with Crippen LogP contribution in [-0.2, 0) is 16.6 Å². The van der Waals surface area contributed by atoms with Gasteiger partial charge in [0, 0.05) is 25.2 Å². The third kappa shape index (κ3) is 2.74. The lowest BCUT2D eigenvalue weighted by Crippen LogP contribution is -2.42. The Balaban J connectivity index is 1.75. The molecule has 0 atom stereocenters. The fourth-order valence-electron chi connectivity index (χ4n) is 3.79. The molecule has 1 aliphatic carbocycles. The molecule has 1 aliphatic heterocycles. The average molecular weight is 312 g/mol. The summed E-state index contributed by atoms with van der Waals surface area (Å²) in [5.74, 6) is 0. The predicted molar refractivity (Wildman–Crippen MR) is 80.2 cm³/mol. The van der Waals surface area contributed by atoms with Gasteiger partial charge in [-0.15, -0.1) is 0 Å². The molecular weight excluding hydrogens is 288 g/mol. The number of nitrogens with one attached hydrogen (secondary N) is 2. The molecule has 2 fully saturated rings. The Hall–Kier alpha value is -0.920. The Morgan fingerprint density at radius 3 is 2.57 bits per heavy atom. The first-order valence-electron chi connectivity index (χ1n) is 7.74. The Kier molecular flexibility index (Phi) is 4.07. The highest BCUT2D eigenvalue weighted by molar-refractivity contribution is 7.89. The largest absolute Gasteiger partial charge is 0.316 e. The van der Waals surface area contributed by atoms with E-state index in [0.717, 1.165) is 12.8 Å². The number of aromatic amines is 1. The second-order valence-electron chi connectivity index (χ2n) is 6.37. The summed E-state index contributed by atoms with van der Waals surface area (Å²) in [5.41, 5.74) is 1.13. The maximum atomic E-state index is 12.8. The minimum Gasteiger partial charge on any atom is -0.316 e. The molecule has 1 spiro atoms. The van der Waals surface area contributed by atoms with Gasteiger partial charge in [0.15, 0.2) is 5.03 Å². The molecule has 21 heavy (non-hydrogen) atoms. The molecule has 118 valence electrons. The van der Waals surface area contributed by atoms with Gasteiger partial charge in [-0.1, -0.05) is 12.8 Å². The minimum absolute atomic E-state index is 0.249. The van der Waals surface area contributed by atoms with Gasteiger partial charge in [-0.2, -0.15) is 9.40 Å². The van der Waals surface area contributed by atoms with Gasteiger partial charge in [0.2, 0.25) is 0 Å². The second-order valence-corrected chi connectivity index (χ2v) is 8.24. The van der Waals surface area contributed by atoms with Crippen molar-refractivity contribution in [3.63, 3.8) is 0 Å². The zero-order valence-electron chi connectivity index (χ0n) is 12.6. The van der Waals surface area contributed by atoms with Crippen LogP contribution in [0.3, 0.4) is 0 Å². The van der Waals surface area contributed by atoms with Gasteiger partial charge in [-0.3, -0.25) is 5.10 Å². The molecular formula is C14H24N4O2S. The summed E-state index contributed by atoms with van der Waals surface area (Å²) in [5, 5.41) is 9.80. The maximum absolute atomic E-state index is 12.8. The topological polar surface area (TPSA) is 78.1 Å². The fourth-order valence-corrected chi connectivity index (χ4v) is 5.34. The Bertz CT molecular complexity index is 580. The van der Waals surface area contributed by atoms with Crippen LogP contribution in [0.4, 0.5) is 0 Å². The van der Waals surface area contributed by atoms with Crippen LogP contribution in [0.15, 0.2) is 11.2 Å². The molecule has 1 aromatic rings. The molecule has 0 aromatic carbocycles. The summed E-state index contributed by atoms with van der Waals surface area (Å²) in [4.78, 5) is 0. The maximum Gasteiger partial charge on any atom is 0.260 e. The van der Waals surface area contributed by atoms with Crippen LogP contribution in [0.1, 0.15) is 44.1 Å². The first-order chi connectivity index (χ1) is 10.1. The van der Waals surface area contributed by atoms with E-state index in [1.807, 2.05) is 0 Å². The Morgan fingerprint density at radius 1 is 1.29 bits per heavy atom. The monoisotopic (exact) mass is 312 g/mol. The summed E-state index contributed by atoms with van der Waals surface area (Å²) >= 11 is 0. The van der Waals surface area contributed by atoms with E-state index in [0.29, 0.717) is 30.6 Å². The first-order valence-corrected chi connectivity index (χ1v) is 9.18. The van der Waals surface area contributed by atoms with Gasteiger partial charge in [0.1, 0.15) is 0 Å². The molecule has 0 unspecified atom stereocenters.